The molecule has 0 aromatic heterocycles. The number of hydrogen-bond donors (Lipinski definition) is 0. The van der Waals surface area contributed by atoms with Crippen molar-refractivity contribution in [2.45, 2.75) is 24.3 Å². The van der Waals surface area contributed by atoms with Crippen LogP contribution in [-0.4, -0.2) is 16.9 Å². The van der Waals surface area contributed by atoms with E-state index in [-0.39, 0.29) is 5.44 Å². The lowest BCUT2D eigenvalue weighted by atomic mass is 10.5. The van der Waals surface area contributed by atoms with Crippen LogP contribution in [-0.2, 0) is 9.53 Å². The van der Waals surface area contributed by atoms with Gasteiger partial charge in [-0.15, -0.1) is 0 Å². The molecule has 2 nitrogen and oxygen atoms in total. The van der Waals surface area contributed by atoms with E-state index >= 15 is 0 Å². The molecule has 0 saturated carbocycles. The van der Waals surface area contributed by atoms with E-state index in [1.54, 1.807) is 0 Å². The number of hydrogen-bond acceptors (Lipinski definition) is 3. The predicted molar refractivity (Wildman–Crippen MR) is 32.7 cm³/mol. The second-order valence-corrected chi connectivity index (χ2v) is 2.94. The van der Waals surface area contributed by atoms with Gasteiger partial charge in [0.2, 0.25) is 5.50 Å². The van der Waals surface area contributed by atoms with Crippen molar-refractivity contribution in [1.82, 2.24) is 0 Å². The molecule has 0 spiro atoms. The molecule has 0 bridgehead atoms. The molecule has 9 heavy (non-hydrogen) atoms. The summed E-state index contributed by atoms with van der Waals surface area (Å²) in [5.74, 6) is -0.730. The first-order valence-corrected chi connectivity index (χ1v) is 3.68. The molecule has 1 saturated heterocycles. The SMILES string of the molecule is CCC1OC(=O)C(F)S1. The number of alkyl halides is 1. The molecule has 0 amide bonds. The largest absolute Gasteiger partial charge is 0.448 e. The summed E-state index contributed by atoms with van der Waals surface area (Å²) >= 11 is 0.935. The molecule has 4 heteroatoms. The lowest BCUT2D eigenvalue weighted by molar-refractivity contribution is -0.145. The van der Waals surface area contributed by atoms with Gasteiger partial charge in [0.25, 0.3) is 0 Å². The van der Waals surface area contributed by atoms with E-state index in [0.29, 0.717) is 6.42 Å². The van der Waals surface area contributed by atoms with Crippen LogP contribution >= 0.6 is 11.8 Å². The van der Waals surface area contributed by atoms with Gasteiger partial charge in [-0.2, -0.15) is 0 Å². The maximum atomic E-state index is 12.2. The van der Waals surface area contributed by atoms with Crippen molar-refractivity contribution in [1.29, 1.82) is 0 Å². The summed E-state index contributed by atoms with van der Waals surface area (Å²) in [7, 11) is 0. The van der Waals surface area contributed by atoms with Crippen LogP contribution in [0.25, 0.3) is 0 Å². The quantitative estimate of drug-likeness (QED) is 0.527. The van der Waals surface area contributed by atoms with Crippen molar-refractivity contribution >= 4 is 17.7 Å². The minimum Gasteiger partial charge on any atom is -0.448 e. The molecule has 1 fully saturated rings. The third-order valence-electron chi connectivity index (χ3n) is 1.04. The second-order valence-electron chi connectivity index (χ2n) is 1.73. The average molecular weight is 150 g/mol. The van der Waals surface area contributed by atoms with Crippen molar-refractivity contribution in [2.75, 3.05) is 0 Å². The Morgan fingerprint density at radius 1 is 1.89 bits per heavy atom. The smallest absolute Gasteiger partial charge is 0.352 e. The molecule has 0 radical (unpaired) electrons. The van der Waals surface area contributed by atoms with Gasteiger partial charge in [0, 0.05) is 0 Å². The zero-order chi connectivity index (χ0) is 6.85. The Balaban J connectivity index is 2.44. The summed E-state index contributed by atoms with van der Waals surface area (Å²) in [5.41, 5.74) is -1.71. The highest BCUT2D eigenvalue weighted by Crippen LogP contribution is 2.30. The zero-order valence-electron chi connectivity index (χ0n) is 4.96. The summed E-state index contributed by atoms with van der Waals surface area (Å²) < 4.78 is 16.8. The summed E-state index contributed by atoms with van der Waals surface area (Å²) in [6.45, 7) is 1.85. The van der Waals surface area contributed by atoms with Gasteiger partial charge in [-0.3, -0.25) is 0 Å². The number of thioether (sulfide) groups is 1. The number of rotatable bonds is 1. The van der Waals surface area contributed by atoms with Crippen molar-refractivity contribution in [2.24, 2.45) is 0 Å². The standard InChI is InChI=1S/C5H7FO2S/c1-2-3-8-5(7)4(6)9-3/h3-4H,2H2,1H3. The van der Waals surface area contributed by atoms with E-state index in [1.807, 2.05) is 6.92 Å². The van der Waals surface area contributed by atoms with E-state index in [2.05, 4.69) is 4.74 Å². The normalized spacial score (nSPS) is 34.7. The molecule has 2 atom stereocenters. The Hall–Kier alpha value is -0.250. The van der Waals surface area contributed by atoms with Gasteiger partial charge < -0.3 is 4.74 Å². The van der Waals surface area contributed by atoms with Gasteiger partial charge in [0.1, 0.15) is 0 Å². The van der Waals surface area contributed by atoms with E-state index in [4.69, 9.17) is 0 Å². The number of esters is 1. The van der Waals surface area contributed by atoms with Crippen LogP contribution in [0.15, 0.2) is 0 Å². The van der Waals surface area contributed by atoms with E-state index in [1.165, 1.54) is 0 Å². The van der Waals surface area contributed by atoms with Crippen molar-refractivity contribution < 1.29 is 13.9 Å². The molecule has 1 rings (SSSR count). The summed E-state index contributed by atoms with van der Waals surface area (Å²) in [6.07, 6.45) is 0.677. The molecule has 1 aliphatic rings. The van der Waals surface area contributed by atoms with Crippen LogP contribution in [0, 0.1) is 0 Å². The molecule has 0 N–H and O–H groups in total. The second kappa shape index (κ2) is 2.56. The monoisotopic (exact) mass is 150 g/mol. The Labute approximate surface area is 56.8 Å². The zero-order valence-corrected chi connectivity index (χ0v) is 5.78. The third-order valence-corrected chi connectivity index (χ3v) is 2.20. The van der Waals surface area contributed by atoms with Gasteiger partial charge in [-0.25, -0.2) is 9.18 Å². The Morgan fingerprint density at radius 2 is 2.56 bits per heavy atom. The number of carbonyl (C=O) groups is 1. The van der Waals surface area contributed by atoms with Crippen LogP contribution in [0.5, 0.6) is 0 Å². The number of carbonyl (C=O) groups excluding carboxylic acids is 1. The first-order chi connectivity index (χ1) is 4.24. The molecular formula is C5H7FO2S. The van der Waals surface area contributed by atoms with Crippen LogP contribution in [0.4, 0.5) is 4.39 Å². The highest BCUT2D eigenvalue weighted by molar-refractivity contribution is 8.01. The lowest BCUT2D eigenvalue weighted by Crippen LogP contribution is -2.06. The molecule has 2 unspecified atom stereocenters. The van der Waals surface area contributed by atoms with E-state index in [0.717, 1.165) is 11.8 Å². The maximum absolute atomic E-state index is 12.2. The van der Waals surface area contributed by atoms with Gasteiger partial charge in [0.05, 0.1) is 0 Å². The molecule has 0 aromatic carbocycles. The molecular weight excluding hydrogens is 143 g/mol. The first-order valence-electron chi connectivity index (χ1n) is 2.74. The molecule has 1 aliphatic heterocycles. The number of halogens is 1. The van der Waals surface area contributed by atoms with Crippen molar-refractivity contribution in [3.63, 3.8) is 0 Å². The highest BCUT2D eigenvalue weighted by atomic mass is 32.2. The van der Waals surface area contributed by atoms with Gasteiger partial charge in [-0.1, -0.05) is 18.7 Å². The Kier molecular flexibility index (Phi) is 1.95. The summed E-state index contributed by atoms with van der Waals surface area (Å²) in [4.78, 5) is 10.3. The van der Waals surface area contributed by atoms with Gasteiger partial charge in [0.15, 0.2) is 5.44 Å². The van der Waals surface area contributed by atoms with Crippen LogP contribution in [0.3, 0.4) is 0 Å². The van der Waals surface area contributed by atoms with Crippen LogP contribution in [0.1, 0.15) is 13.3 Å². The molecule has 0 aromatic rings. The first kappa shape index (κ1) is 6.86. The fourth-order valence-corrected chi connectivity index (χ4v) is 1.36. The number of ether oxygens (including phenoxy) is 1. The Morgan fingerprint density at radius 3 is 2.78 bits per heavy atom. The average Bonchev–Trinajstić information content (AvgIpc) is 2.13. The van der Waals surface area contributed by atoms with Crippen LogP contribution < -0.4 is 0 Å². The van der Waals surface area contributed by atoms with Crippen molar-refractivity contribution in [3.8, 4) is 0 Å². The molecule has 52 valence electrons. The van der Waals surface area contributed by atoms with Crippen molar-refractivity contribution in [3.05, 3.63) is 0 Å². The van der Waals surface area contributed by atoms with E-state index in [9.17, 15) is 9.18 Å². The summed E-state index contributed by atoms with van der Waals surface area (Å²) in [5, 5.41) is 0. The van der Waals surface area contributed by atoms with E-state index < -0.39 is 11.5 Å². The molecule has 1 heterocycles. The Bertz CT molecular complexity index is 128. The minimum atomic E-state index is -1.45. The maximum Gasteiger partial charge on any atom is 0.352 e. The lowest BCUT2D eigenvalue weighted by Gasteiger charge is -2.00. The predicted octanol–water partition coefficient (Wildman–Crippen LogP) is 1.31. The van der Waals surface area contributed by atoms with Gasteiger partial charge >= 0.3 is 5.97 Å². The third kappa shape index (κ3) is 1.36. The molecule has 0 aliphatic carbocycles. The van der Waals surface area contributed by atoms with Crippen LogP contribution in [0.2, 0.25) is 0 Å². The van der Waals surface area contributed by atoms with Gasteiger partial charge in [-0.05, 0) is 6.42 Å². The topological polar surface area (TPSA) is 26.3 Å². The number of cyclic esters (lactones) is 1. The highest BCUT2D eigenvalue weighted by Gasteiger charge is 2.33. The fraction of sp³-hybridized carbons (Fsp3) is 0.800. The minimum absolute atomic E-state index is 0.257. The summed E-state index contributed by atoms with van der Waals surface area (Å²) in [6, 6.07) is 0. The fourth-order valence-electron chi connectivity index (χ4n) is 0.579.